The maximum Gasteiger partial charge on any atom is 0.251 e. The second kappa shape index (κ2) is 6.52. The quantitative estimate of drug-likeness (QED) is 0.903. The van der Waals surface area contributed by atoms with E-state index in [4.69, 9.17) is 0 Å². The zero-order valence-electron chi connectivity index (χ0n) is 11.4. The first-order valence-electron chi connectivity index (χ1n) is 6.27. The first-order chi connectivity index (χ1) is 9.60. The largest absolute Gasteiger partial charge is 0.379 e. The number of rotatable bonds is 4. The number of aryl methyl sites for hydroxylation is 1. The summed E-state index contributed by atoms with van der Waals surface area (Å²) in [5.74, 6) is -0.0748. The molecule has 5 heteroatoms. The minimum absolute atomic E-state index is 0.0748. The highest BCUT2D eigenvalue weighted by Gasteiger charge is 2.05. The van der Waals surface area contributed by atoms with Gasteiger partial charge in [0.25, 0.3) is 5.91 Å². The highest BCUT2D eigenvalue weighted by Crippen LogP contribution is 2.17. The third kappa shape index (κ3) is 3.57. The summed E-state index contributed by atoms with van der Waals surface area (Å²) in [6.07, 6.45) is 1.78. The molecule has 1 aromatic heterocycles. The predicted molar refractivity (Wildman–Crippen MR) is 83.8 cm³/mol. The highest BCUT2D eigenvalue weighted by molar-refractivity contribution is 9.10. The van der Waals surface area contributed by atoms with Gasteiger partial charge in [-0.2, -0.15) is 0 Å². The van der Waals surface area contributed by atoms with Crippen molar-refractivity contribution in [2.45, 2.75) is 13.5 Å². The zero-order valence-corrected chi connectivity index (χ0v) is 13.0. The Morgan fingerprint density at radius 2 is 2.10 bits per heavy atom. The summed E-state index contributed by atoms with van der Waals surface area (Å²) in [6.45, 7) is 2.62. The molecule has 0 saturated heterocycles. The van der Waals surface area contributed by atoms with Gasteiger partial charge in [-0.25, -0.2) is 0 Å². The summed E-state index contributed by atoms with van der Waals surface area (Å²) >= 11 is 3.36. The van der Waals surface area contributed by atoms with Gasteiger partial charge in [0.2, 0.25) is 0 Å². The number of carbonyl (C=O) groups is 1. The number of amides is 1. The van der Waals surface area contributed by atoms with Crippen LogP contribution in [0, 0.1) is 6.92 Å². The minimum Gasteiger partial charge on any atom is -0.379 e. The van der Waals surface area contributed by atoms with Crippen LogP contribution in [0.2, 0.25) is 0 Å². The van der Waals surface area contributed by atoms with Crippen molar-refractivity contribution < 1.29 is 4.79 Å². The number of nitrogens with one attached hydrogen (secondary N) is 2. The molecule has 0 fully saturated rings. The van der Waals surface area contributed by atoms with Gasteiger partial charge in [-0.15, -0.1) is 0 Å². The minimum atomic E-state index is -0.0748. The Morgan fingerprint density at radius 1 is 1.30 bits per heavy atom. The van der Waals surface area contributed by atoms with E-state index in [0.29, 0.717) is 12.1 Å². The maximum atomic E-state index is 11.5. The molecule has 104 valence electrons. The fourth-order valence-electron chi connectivity index (χ4n) is 1.84. The van der Waals surface area contributed by atoms with Gasteiger partial charge >= 0.3 is 0 Å². The fourth-order valence-corrected chi connectivity index (χ4v) is 2.08. The van der Waals surface area contributed by atoms with Crippen LogP contribution >= 0.6 is 15.9 Å². The van der Waals surface area contributed by atoms with Crippen molar-refractivity contribution in [1.82, 2.24) is 10.3 Å². The van der Waals surface area contributed by atoms with Gasteiger partial charge < -0.3 is 10.6 Å². The molecule has 2 N–H and O–H groups in total. The van der Waals surface area contributed by atoms with Crippen molar-refractivity contribution in [2.75, 3.05) is 12.4 Å². The molecule has 20 heavy (non-hydrogen) atoms. The van der Waals surface area contributed by atoms with E-state index >= 15 is 0 Å². The van der Waals surface area contributed by atoms with Gasteiger partial charge in [0.05, 0.1) is 12.2 Å². The zero-order chi connectivity index (χ0) is 14.5. The van der Waals surface area contributed by atoms with Gasteiger partial charge in [-0.05, 0) is 58.7 Å². The Morgan fingerprint density at radius 3 is 2.70 bits per heavy atom. The summed E-state index contributed by atoms with van der Waals surface area (Å²) in [6, 6.07) is 9.52. The Labute approximate surface area is 126 Å². The smallest absolute Gasteiger partial charge is 0.251 e. The number of nitrogens with zero attached hydrogens (tertiary/aromatic N) is 1. The first-order valence-corrected chi connectivity index (χ1v) is 7.06. The van der Waals surface area contributed by atoms with Crippen LogP contribution in [0.3, 0.4) is 0 Å². The van der Waals surface area contributed by atoms with Crippen LogP contribution in [0.1, 0.15) is 21.6 Å². The van der Waals surface area contributed by atoms with Crippen LogP contribution in [0.4, 0.5) is 5.69 Å². The van der Waals surface area contributed by atoms with Crippen molar-refractivity contribution in [2.24, 2.45) is 0 Å². The Kier molecular flexibility index (Phi) is 4.74. The SMILES string of the molecule is CNC(=O)c1ccc(NCc2ccc(Br)cn2)c(C)c1. The average Bonchev–Trinajstić information content (AvgIpc) is 2.46. The summed E-state index contributed by atoms with van der Waals surface area (Å²) in [4.78, 5) is 15.9. The van der Waals surface area contributed by atoms with E-state index in [0.717, 1.165) is 21.4 Å². The van der Waals surface area contributed by atoms with Crippen LogP contribution in [-0.2, 0) is 6.54 Å². The second-order valence-corrected chi connectivity index (χ2v) is 5.35. The molecule has 0 unspecified atom stereocenters. The Balaban J connectivity index is 2.06. The molecule has 0 aliphatic carbocycles. The lowest BCUT2D eigenvalue weighted by molar-refractivity contribution is 0.0963. The van der Waals surface area contributed by atoms with Gasteiger partial charge in [-0.1, -0.05) is 0 Å². The Hall–Kier alpha value is -1.88. The number of halogens is 1. The summed E-state index contributed by atoms with van der Waals surface area (Å²) in [5.41, 5.74) is 3.66. The van der Waals surface area contributed by atoms with Crippen molar-refractivity contribution in [1.29, 1.82) is 0 Å². The fraction of sp³-hybridized carbons (Fsp3) is 0.200. The number of aromatic nitrogens is 1. The molecule has 1 amide bonds. The van der Waals surface area contributed by atoms with E-state index in [1.807, 2.05) is 37.3 Å². The van der Waals surface area contributed by atoms with Crippen LogP contribution in [-0.4, -0.2) is 17.9 Å². The van der Waals surface area contributed by atoms with E-state index in [9.17, 15) is 4.79 Å². The number of anilines is 1. The van der Waals surface area contributed by atoms with Crippen LogP contribution in [0.5, 0.6) is 0 Å². The molecule has 2 rings (SSSR count). The van der Waals surface area contributed by atoms with Crippen molar-refractivity contribution in [3.8, 4) is 0 Å². The molecule has 0 aliphatic rings. The summed E-state index contributed by atoms with van der Waals surface area (Å²) in [7, 11) is 1.63. The second-order valence-electron chi connectivity index (χ2n) is 4.43. The summed E-state index contributed by atoms with van der Waals surface area (Å²) < 4.78 is 0.965. The molecular weight excluding hydrogens is 318 g/mol. The van der Waals surface area contributed by atoms with E-state index in [-0.39, 0.29) is 5.91 Å². The van der Waals surface area contributed by atoms with E-state index in [2.05, 4.69) is 31.5 Å². The van der Waals surface area contributed by atoms with E-state index < -0.39 is 0 Å². The number of hydrogen-bond acceptors (Lipinski definition) is 3. The van der Waals surface area contributed by atoms with Crippen LogP contribution < -0.4 is 10.6 Å². The monoisotopic (exact) mass is 333 g/mol. The molecule has 0 spiro atoms. The molecule has 1 aromatic carbocycles. The van der Waals surface area contributed by atoms with Crippen molar-refractivity contribution in [3.05, 3.63) is 57.8 Å². The Bertz CT molecular complexity index is 611. The lowest BCUT2D eigenvalue weighted by atomic mass is 10.1. The highest BCUT2D eigenvalue weighted by atomic mass is 79.9. The first kappa shape index (κ1) is 14.5. The van der Waals surface area contributed by atoms with Crippen molar-refractivity contribution >= 4 is 27.5 Å². The van der Waals surface area contributed by atoms with Crippen LogP contribution in [0.15, 0.2) is 41.0 Å². The number of carbonyl (C=O) groups excluding carboxylic acids is 1. The molecule has 0 bridgehead atoms. The summed E-state index contributed by atoms with van der Waals surface area (Å²) in [5, 5.41) is 5.94. The standard InChI is InChI=1S/C15H16BrN3O/c1-10-7-11(15(20)17-2)3-6-14(10)19-9-13-5-4-12(16)8-18-13/h3-8,19H,9H2,1-2H3,(H,17,20). The number of pyridine rings is 1. The topological polar surface area (TPSA) is 54.0 Å². The van der Waals surface area contributed by atoms with Gasteiger partial charge in [-0.3, -0.25) is 9.78 Å². The van der Waals surface area contributed by atoms with E-state index in [1.165, 1.54) is 0 Å². The van der Waals surface area contributed by atoms with Gasteiger partial charge in [0, 0.05) is 29.0 Å². The molecule has 4 nitrogen and oxygen atoms in total. The third-order valence-electron chi connectivity index (χ3n) is 2.96. The lowest BCUT2D eigenvalue weighted by Crippen LogP contribution is -2.17. The van der Waals surface area contributed by atoms with Crippen molar-refractivity contribution in [3.63, 3.8) is 0 Å². The average molecular weight is 334 g/mol. The van der Waals surface area contributed by atoms with E-state index in [1.54, 1.807) is 13.2 Å². The molecule has 0 saturated carbocycles. The van der Waals surface area contributed by atoms with Gasteiger partial charge in [0.15, 0.2) is 0 Å². The molecule has 2 aromatic rings. The number of hydrogen-bond donors (Lipinski definition) is 2. The van der Waals surface area contributed by atoms with Gasteiger partial charge in [0.1, 0.15) is 0 Å². The van der Waals surface area contributed by atoms with Crippen LogP contribution in [0.25, 0.3) is 0 Å². The molecule has 1 heterocycles. The molecule has 0 atom stereocenters. The maximum absolute atomic E-state index is 11.5. The third-order valence-corrected chi connectivity index (χ3v) is 3.43. The number of benzene rings is 1. The molecule has 0 aliphatic heterocycles. The lowest BCUT2D eigenvalue weighted by Gasteiger charge is -2.10. The normalized spacial score (nSPS) is 10.2. The molecule has 0 radical (unpaired) electrons. The molecular formula is C15H16BrN3O. The predicted octanol–water partition coefficient (Wildman–Crippen LogP) is 3.12.